The van der Waals surface area contributed by atoms with Crippen molar-refractivity contribution in [2.75, 3.05) is 20.0 Å². The van der Waals surface area contributed by atoms with Crippen molar-refractivity contribution in [1.29, 1.82) is 0 Å². The lowest BCUT2D eigenvalue weighted by atomic mass is 10.0. The fraction of sp³-hybridized carbons (Fsp3) is 0.167. The third kappa shape index (κ3) is 2.00. The fourth-order valence-corrected chi connectivity index (χ4v) is 1.61. The number of nitrogens with one attached hydrogen (secondary N) is 1. The highest BCUT2D eigenvalue weighted by atomic mass is 16.5. The Hall–Kier alpha value is -2.50. The van der Waals surface area contributed by atoms with Crippen LogP contribution in [0, 0.1) is 0 Å². The molecule has 0 spiro atoms. The second kappa shape index (κ2) is 4.79. The first-order valence-electron chi connectivity index (χ1n) is 5.23. The summed E-state index contributed by atoms with van der Waals surface area (Å²) in [6.45, 7) is 0. The molecule has 0 aliphatic heterocycles. The first-order valence-corrected chi connectivity index (χ1v) is 5.23. The summed E-state index contributed by atoms with van der Waals surface area (Å²) in [6, 6.07) is 4.96. The van der Waals surface area contributed by atoms with Crippen molar-refractivity contribution in [2.24, 2.45) is 0 Å². The molecule has 1 aromatic heterocycles. The van der Waals surface area contributed by atoms with Gasteiger partial charge in [0.2, 0.25) is 5.78 Å². The minimum atomic E-state index is -0.249. The molecule has 0 saturated heterocycles. The molecule has 3 N–H and O–H groups in total. The van der Waals surface area contributed by atoms with E-state index in [1.807, 2.05) is 0 Å². The van der Waals surface area contributed by atoms with Crippen molar-refractivity contribution >= 4 is 11.6 Å². The lowest BCUT2D eigenvalue weighted by molar-refractivity contribution is 0.103. The maximum absolute atomic E-state index is 12.2. The van der Waals surface area contributed by atoms with Gasteiger partial charge < -0.3 is 15.2 Å². The van der Waals surface area contributed by atoms with Crippen LogP contribution in [0.3, 0.4) is 0 Å². The van der Waals surface area contributed by atoms with Gasteiger partial charge in [0.05, 0.1) is 31.5 Å². The van der Waals surface area contributed by atoms with Crippen LogP contribution in [-0.4, -0.2) is 30.2 Å². The Kier molecular flexibility index (Phi) is 3.18. The van der Waals surface area contributed by atoms with Gasteiger partial charge in [-0.15, -0.1) is 0 Å². The van der Waals surface area contributed by atoms with E-state index in [-0.39, 0.29) is 11.6 Å². The molecule has 0 fully saturated rings. The van der Waals surface area contributed by atoms with Gasteiger partial charge in [0, 0.05) is 6.07 Å². The molecule has 0 unspecified atom stereocenters. The molecule has 0 aliphatic carbocycles. The highest BCUT2D eigenvalue weighted by Gasteiger charge is 2.18. The molecule has 18 heavy (non-hydrogen) atoms. The molecule has 0 aliphatic rings. The fourth-order valence-electron chi connectivity index (χ4n) is 1.61. The molecule has 0 atom stereocenters. The van der Waals surface area contributed by atoms with Crippen molar-refractivity contribution in [2.45, 2.75) is 0 Å². The average Bonchev–Trinajstić information content (AvgIpc) is 2.83. The van der Waals surface area contributed by atoms with Crippen molar-refractivity contribution in [1.82, 2.24) is 10.2 Å². The van der Waals surface area contributed by atoms with Crippen molar-refractivity contribution in [3.63, 3.8) is 0 Å². The number of ether oxygens (including phenoxy) is 2. The van der Waals surface area contributed by atoms with Crippen LogP contribution in [0.25, 0.3) is 0 Å². The van der Waals surface area contributed by atoms with Gasteiger partial charge in [-0.1, -0.05) is 0 Å². The second-order valence-corrected chi connectivity index (χ2v) is 3.59. The molecule has 2 rings (SSSR count). The van der Waals surface area contributed by atoms with Gasteiger partial charge >= 0.3 is 0 Å². The van der Waals surface area contributed by atoms with Gasteiger partial charge in [0.15, 0.2) is 0 Å². The third-order valence-electron chi connectivity index (χ3n) is 2.57. The van der Waals surface area contributed by atoms with Crippen LogP contribution in [0.15, 0.2) is 24.4 Å². The molecule has 94 valence electrons. The Morgan fingerprint density at radius 2 is 2.06 bits per heavy atom. The maximum Gasteiger partial charge on any atom is 0.202 e. The summed E-state index contributed by atoms with van der Waals surface area (Å²) in [4.78, 5) is 12.2. The minimum Gasteiger partial charge on any atom is -0.497 e. The van der Waals surface area contributed by atoms with Crippen LogP contribution in [0.2, 0.25) is 0 Å². The third-order valence-corrected chi connectivity index (χ3v) is 2.57. The predicted molar refractivity (Wildman–Crippen MR) is 66.0 cm³/mol. The van der Waals surface area contributed by atoms with Gasteiger partial charge in [-0.3, -0.25) is 9.89 Å². The lowest BCUT2D eigenvalue weighted by Crippen LogP contribution is -2.06. The number of carbonyl (C=O) groups excluding carboxylic acids is 1. The summed E-state index contributed by atoms with van der Waals surface area (Å²) < 4.78 is 10.2. The Morgan fingerprint density at radius 1 is 1.28 bits per heavy atom. The summed E-state index contributed by atoms with van der Waals surface area (Å²) >= 11 is 0. The first kappa shape index (κ1) is 12.0. The van der Waals surface area contributed by atoms with Crippen molar-refractivity contribution < 1.29 is 14.3 Å². The van der Waals surface area contributed by atoms with Crippen molar-refractivity contribution in [3.05, 3.63) is 35.5 Å². The highest BCUT2D eigenvalue weighted by molar-refractivity contribution is 6.13. The first-order chi connectivity index (χ1) is 8.67. The number of aromatic nitrogens is 2. The Balaban J connectivity index is 2.45. The van der Waals surface area contributed by atoms with Crippen LogP contribution >= 0.6 is 0 Å². The summed E-state index contributed by atoms with van der Waals surface area (Å²) in [5.74, 6) is 1.03. The molecule has 0 radical (unpaired) electrons. The quantitative estimate of drug-likeness (QED) is 0.793. The topological polar surface area (TPSA) is 90.2 Å². The van der Waals surface area contributed by atoms with Crippen LogP contribution in [0.4, 0.5) is 5.82 Å². The van der Waals surface area contributed by atoms with Crippen LogP contribution < -0.4 is 15.2 Å². The van der Waals surface area contributed by atoms with E-state index in [0.29, 0.717) is 22.6 Å². The molecule has 2 aromatic rings. The molecular formula is C12H13N3O3. The average molecular weight is 247 g/mol. The zero-order valence-electron chi connectivity index (χ0n) is 10.1. The Morgan fingerprint density at radius 3 is 2.61 bits per heavy atom. The molecule has 6 nitrogen and oxygen atoms in total. The molecule has 0 saturated carbocycles. The summed E-state index contributed by atoms with van der Waals surface area (Å²) in [5.41, 5.74) is 6.35. The van der Waals surface area contributed by atoms with E-state index >= 15 is 0 Å². The number of rotatable bonds is 4. The Bertz CT molecular complexity index is 578. The van der Waals surface area contributed by atoms with E-state index in [1.54, 1.807) is 25.3 Å². The number of benzene rings is 1. The zero-order valence-corrected chi connectivity index (χ0v) is 10.1. The zero-order chi connectivity index (χ0) is 13.1. The number of hydrogen-bond acceptors (Lipinski definition) is 5. The van der Waals surface area contributed by atoms with Gasteiger partial charge in [-0.25, -0.2) is 0 Å². The molecular weight excluding hydrogens is 234 g/mol. The van der Waals surface area contributed by atoms with Crippen molar-refractivity contribution in [3.8, 4) is 11.5 Å². The molecule has 1 aromatic carbocycles. The molecule has 0 amide bonds. The number of aromatic amines is 1. The van der Waals surface area contributed by atoms with Crippen LogP contribution in [0.1, 0.15) is 15.9 Å². The van der Waals surface area contributed by atoms with E-state index < -0.39 is 0 Å². The highest BCUT2D eigenvalue weighted by Crippen LogP contribution is 2.27. The molecule has 1 heterocycles. The maximum atomic E-state index is 12.2. The summed E-state index contributed by atoms with van der Waals surface area (Å²) in [7, 11) is 3.04. The van der Waals surface area contributed by atoms with E-state index in [1.165, 1.54) is 13.3 Å². The van der Waals surface area contributed by atoms with Gasteiger partial charge in [0.25, 0.3) is 0 Å². The standard InChI is InChI=1S/C12H13N3O3/c1-17-7-3-4-8(10(5-7)18-2)11(16)9-6-14-15-12(9)13/h3-6H,1-2H3,(H3,13,14,15). The predicted octanol–water partition coefficient (Wildman–Crippen LogP) is 1.24. The number of anilines is 1. The van der Waals surface area contributed by atoms with Gasteiger partial charge in [-0.2, -0.15) is 5.10 Å². The number of carbonyl (C=O) groups is 1. The Labute approximate surface area is 104 Å². The molecule has 0 bridgehead atoms. The molecule has 6 heteroatoms. The SMILES string of the molecule is COc1ccc(C(=O)c2cn[nH]c2N)c(OC)c1. The van der Waals surface area contributed by atoms with Crippen LogP contribution in [-0.2, 0) is 0 Å². The number of hydrogen-bond donors (Lipinski definition) is 2. The number of methoxy groups -OCH3 is 2. The number of nitrogens with two attached hydrogens (primary N) is 1. The number of H-pyrrole nitrogens is 1. The summed E-state index contributed by atoms with van der Waals surface area (Å²) in [6.07, 6.45) is 1.39. The number of nitrogen functional groups attached to an aromatic ring is 1. The number of ketones is 1. The van der Waals surface area contributed by atoms with E-state index in [2.05, 4.69) is 10.2 Å². The van der Waals surface area contributed by atoms with E-state index in [0.717, 1.165) is 0 Å². The van der Waals surface area contributed by atoms with Gasteiger partial charge in [0.1, 0.15) is 17.3 Å². The minimum absolute atomic E-state index is 0.234. The number of nitrogens with zero attached hydrogens (tertiary/aromatic N) is 1. The lowest BCUT2D eigenvalue weighted by Gasteiger charge is -2.09. The smallest absolute Gasteiger partial charge is 0.202 e. The van der Waals surface area contributed by atoms with Crippen LogP contribution in [0.5, 0.6) is 11.5 Å². The largest absolute Gasteiger partial charge is 0.497 e. The summed E-state index contributed by atoms with van der Waals surface area (Å²) in [5, 5.41) is 6.24. The van der Waals surface area contributed by atoms with E-state index in [4.69, 9.17) is 15.2 Å². The van der Waals surface area contributed by atoms with Gasteiger partial charge in [-0.05, 0) is 12.1 Å². The second-order valence-electron chi connectivity index (χ2n) is 3.59. The monoisotopic (exact) mass is 247 g/mol. The normalized spacial score (nSPS) is 10.1. The van der Waals surface area contributed by atoms with E-state index in [9.17, 15) is 4.79 Å².